The molecule has 3 aliphatic rings. The number of pyridine rings is 2. The lowest BCUT2D eigenvalue weighted by Crippen LogP contribution is -2.25. The lowest BCUT2D eigenvalue weighted by Gasteiger charge is -2.20. The number of nitrogens with zero attached hydrogens (tertiary/aromatic N) is 12. The second-order valence-electron chi connectivity index (χ2n) is 19.6. The molecule has 1 saturated carbocycles. The number of carbonyl (C=O) groups is 2. The van der Waals surface area contributed by atoms with E-state index >= 15 is 0 Å². The molecule has 2 aliphatic heterocycles. The van der Waals surface area contributed by atoms with E-state index < -0.39 is 35.3 Å². The maximum absolute atomic E-state index is 14.2. The molecule has 3 unspecified atom stereocenters. The van der Waals surface area contributed by atoms with E-state index in [2.05, 4.69) is 43.1 Å². The second-order valence-corrected chi connectivity index (χ2v) is 19.6. The Morgan fingerprint density at radius 3 is 1.80 bits per heavy atom. The molecule has 3 aromatic carbocycles. The molecule has 3 N–H and O–H groups in total. The number of carbonyl (C=O) groups excluding carboxylic acids is 2. The maximum Gasteiger partial charge on any atom is 0.416 e. The fourth-order valence-electron chi connectivity index (χ4n) is 10.4. The summed E-state index contributed by atoms with van der Waals surface area (Å²) in [7, 11) is 5.32. The minimum atomic E-state index is -4.68. The zero-order valence-corrected chi connectivity index (χ0v) is 41.3. The van der Waals surface area contributed by atoms with E-state index in [9.17, 15) is 41.0 Å². The van der Waals surface area contributed by atoms with Crippen LogP contribution in [0.4, 0.5) is 49.6 Å². The van der Waals surface area contributed by atoms with Gasteiger partial charge >= 0.3 is 12.4 Å². The van der Waals surface area contributed by atoms with Gasteiger partial charge in [-0.25, -0.2) is 9.97 Å². The van der Waals surface area contributed by atoms with Gasteiger partial charge in [0.25, 0.3) is 11.8 Å². The molecule has 11 rings (SSSR count). The number of hydrogen-bond acceptors (Lipinski definition) is 12. The molecule has 23 heteroatoms. The molecule has 0 spiro atoms. The van der Waals surface area contributed by atoms with Crippen LogP contribution >= 0.6 is 0 Å². The van der Waals surface area contributed by atoms with Crippen molar-refractivity contribution in [3.63, 3.8) is 0 Å². The molecule has 0 bridgehead atoms. The van der Waals surface area contributed by atoms with E-state index in [1.54, 1.807) is 78.1 Å². The standard InChI is InChI=1S/C53H48F6N14O3/c1-28(20-60-43-16-31(34-12-11-29(25-74)14-37(34)48-67-62-26-69(48)2)18-45(65-43)72-23-39-35(50(72)75)7-5-9-41(39)52(54,55)56)13-30-15-33(30)21-61-44-17-32(47-38(22-64-71(47)4)49-68-63-27-70(49)3)19-46(66-44)73-24-40-36(51(73)76)8-6-10-42(40)53(57,58)59/h5-12,14,16-19,22,26-28,30,33,74H,13,15,20-21,23-25H2,1-4H3,(H,60,65)(H,61,66). The number of anilines is 4. The highest BCUT2D eigenvalue weighted by Crippen LogP contribution is 2.45. The van der Waals surface area contributed by atoms with Gasteiger partial charge in [-0.2, -0.15) is 31.4 Å². The number of fused-ring (bicyclic) bond motifs is 2. The van der Waals surface area contributed by atoms with Crippen molar-refractivity contribution in [2.24, 2.45) is 38.9 Å². The van der Waals surface area contributed by atoms with Crippen molar-refractivity contribution >= 4 is 35.1 Å². The number of aliphatic hydroxyl groups excluding tert-OH is 1. The first-order chi connectivity index (χ1) is 36.3. The van der Waals surface area contributed by atoms with Gasteiger partial charge in [0, 0.05) is 56.5 Å². The zero-order chi connectivity index (χ0) is 53.4. The Balaban J connectivity index is 0.831. The lowest BCUT2D eigenvalue weighted by molar-refractivity contribution is -0.139. The van der Waals surface area contributed by atoms with Crippen molar-refractivity contribution < 1.29 is 41.0 Å². The Hall–Kier alpha value is -8.47. The van der Waals surface area contributed by atoms with E-state index in [1.807, 2.05) is 18.2 Å². The summed E-state index contributed by atoms with van der Waals surface area (Å²) in [5, 5.41) is 38.1. The molecule has 1 fully saturated rings. The van der Waals surface area contributed by atoms with E-state index in [0.717, 1.165) is 25.0 Å². The summed E-state index contributed by atoms with van der Waals surface area (Å²) >= 11 is 0. The molecule has 17 nitrogen and oxygen atoms in total. The van der Waals surface area contributed by atoms with E-state index in [-0.39, 0.29) is 65.4 Å². The van der Waals surface area contributed by atoms with Crippen molar-refractivity contribution in [3.05, 3.63) is 137 Å². The summed E-state index contributed by atoms with van der Waals surface area (Å²) in [4.78, 5) is 39.9. The predicted molar refractivity (Wildman–Crippen MR) is 268 cm³/mol. The number of benzene rings is 3. The van der Waals surface area contributed by atoms with Crippen LogP contribution in [0.3, 0.4) is 0 Å². The van der Waals surface area contributed by atoms with Crippen LogP contribution in [0.1, 0.15) is 68.3 Å². The number of amides is 2. The van der Waals surface area contributed by atoms with Gasteiger partial charge in [0.15, 0.2) is 11.6 Å². The average Bonchev–Trinajstić information content (AvgIpc) is 3.93. The molecular weight excluding hydrogens is 995 g/mol. The first kappa shape index (κ1) is 49.7. The maximum atomic E-state index is 14.2. The van der Waals surface area contributed by atoms with Gasteiger partial charge in [-0.15, -0.1) is 20.4 Å². The van der Waals surface area contributed by atoms with Gasteiger partial charge in [0.05, 0.1) is 48.3 Å². The molecule has 5 aromatic heterocycles. The first-order valence-corrected chi connectivity index (χ1v) is 24.3. The van der Waals surface area contributed by atoms with Crippen molar-refractivity contribution in [1.29, 1.82) is 0 Å². The van der Waals surface area contributed by atoms with Crippen molar-refractivity contribution in [2.45, 2.75) is 51.8 Å². The van der Waals surface area contributed by atoms with Crippen LogP contribution in [-0.4, -0.2) is 79.3 Å². The smallest absolute Gasteiger partial charge is 0.392 e. The average molecular weight is 1040 g/mol. The third-order valence-electron chi connectivity index (χ3n) is 14.4. The summed E-state index contributed by atoms with van der Waals surface area (Å²) in [5.74, 6) is 1.53. The fraction of sp³-hybridized carbons (Fsp3) is 0.302. The fourth-order valence-corrected chi connectivity index (χ4v) is 10.4. The van der Waals surface area contributed by atoms with E-state index in [1.165, 1.54) is 34.1 Å². The summed E-state index contributed by atoms with van der Waals surface area (Å²) in [6.07, 6.45) is -2.90. The Labute approximate surface area is 430 Å². The van der Waals surface area contributed by atoms with Gasteiger partial charge in [-0.3, -0.25) is 24.1 Å². The third kappa shape index (κ3) is 9.27. The summed E-state index contributed by atoms with van der Waals surface area (Å²) in [6, 6.07) is 19.5. The zero-order valence-electron chi connectivity index (χ0n) is 41.3. The lowest BCUT2D eigenvalue weighted by atomic mass is 9.97. The third-order valence-corrected chi connectivity index (χ3v) is 14.4. The van der Waals surface area contributed by atoms with Crippen LogP contribution in [0, 0.1) is 17.8 Å². The molecule has 0 radical (unpaired) electrons. The van der Waals surface area contributed by atoms with Crippen LogP contribution in [-0.2, 0) is 53.2 Å². The topological polar surface area (TPSA) is 190 Å². The number of alkyl halides is 6. The number of hydrogen-bond donors (Lipinski definition) is 3. The largest absolute Gasteiger partial charge is 0.416 e. The van der Waals surface area contributed by atoms with Gasteiger partial charge < -0.3 is 24.9 Å². The SMILES string of the molecule is CC(CNc1cc(-c2ccc(CO)cc2-c2nncn2C)cc(N2Cc3c(cccc3C(F)(F)F)C2=O)n1)CC1CC1CNc1cc(-c2c(-c3nncn3C)cnn2C)cc(N2Cc3c(cccc3C(F)(F)F)C2=O)n1. The minimum absolute atomic E-state index is 0.0400. The molecule has 390 valence electrons. The van der Waals surface area contributed by atoms with Crippen LogP contribution < -0.4 is 20.4 Å². The van der Waals surface area contributed by atoms with Crippen molar-refractivity contribution in [3.8, 4) is 45.2 Å². The molecule has 76 heavy (non-hydrogen) atoms. The van der Waals surface area contributed by atoms with Crippen LogP contribution in [0.15, 0.2) is 97.7 Å². The first-order valence-electron chi connectivity index (χ1n) is 24.3. The molecule has 7 heterocycles. The minimum Gasteiger partial charge on any atom is -0.392 e. The van der Waals surface area contributed by atoms with Gasteiger partial charge in [0.1, 0.15) is 35.9 Å². The van der Waals surface area contributed by atoms with Gasteiger partial charge in [-0.05, 0) is 113 Å². The molecular formula is C53H48F6N14O3. The summed E-state index contributed by atoms with van der Waals surface area (Å²) in [5.41, 5.74) is 2.26. The van der Waals surface area contributed by atoms with Gasteiger partial charge in [0.2, 0.25) is 0 Å². The second kappa shape index (κ2) is 19.0. The normalized spacial score (nSPS) is 16.6. The highest BCUT2D eigenvalue weighted by molar-refractivity contribution is 6.11. The number of aromatic nitrogens is 10. The van der Waals surface area contributed by atoms with E-state index in [0.29, 0.717) is 81.4 Å². The Kier molecular flexibility index (Phi) is 12.5. The molecule has 3 atom stereocenters. The highest BCUT2D eigenvalue weighted by Gasteiger charge is 2.42. The van der Waals surface area contributed by atoms with Crippen molar-refractivity contribution in [1.82, 2.24) is 49.3 Å². The molecule has 2 amide bonds. The van der Waals surface area contributed by atoms with Gasteiger partial charge in [-0.1, -0.05) is 31.2 Å². The monoisotopic (exact) mass is 1040 g/mol. The summed E-state index contributed by atoms with van der Waals surface area (Å²) < 4.78 is 90.2. The molecule has 8 aromatic rings. The quantitative estimate of drug-likeness (QED) is 0.0827. The molecule has 0 saturated heterocycles. The Morgan fingerprint density at radius 1 is 0.671 bits per heavy atom. The number of halogens is 6. The Morgan fingerprint density at radius 2 is 1.24 bits per heavy atom. The van der Waals surface area contributed by atoms with Crippen molar-refractivity contribution in [2.75, 3.05) is 33.5 Å². The molecule has 1 aliphatic carbocycles. The van der Waals surface area contributed by atoms with Crippen LogP contribution in [0.5, 0.6) is 0 Å². The summed E-state index contributed by atoms with van der Waals surface area (Å²) in [6.45, 7) is 2.14. The number of aliphatic hydroxyl groups is 1. The predicted octanol–water partition coefficient (Wildman–Crippen LogP) is 9.17. The number of nitrogens with one attached hydrogen (secondary N) is 2. The number of aryl methyl sites for hydroxylation is 3. The number of rotatable bonds is 15. The Bertz CT molecular complexity index is 3590. The van der Waals surface area contributed by atoms with Crippen LogP contribution in [0.2, 0.25) is 0 Å². The highest BCUT2D eigenvalue weighted by atomic mass is 19.4. The van der Waals surface area contributed by atoms with Crippen LogP contribution in [0.25, 0.3) is 45.2 Å². The van der Waals surface area contributed by atoms with E-state index in [4.69, 9.17) is 9.97 Å².